The number of Topliss-reactive ketones (excluding diaryl/α,β-unsaturated/α-hetero) is 1. The summed E-state index contributed by atoms with van der Waals surface area (Å²) in [7, 11) is 0. The zero-order valence-corrected chi connectivity index (χ0v) is 10.7. The first-order valence-electron chi connectivity index (χ1n) is 4.94. The summed E-state index contributed by atoms with van der Waals surface area (Å²) in [6.45, 7) is 3.59. The van der Waals surface area contributed by atoms with E-state index >= 15 is 0 Å². The number of hydrogen-bond acceptors (Lipinski definition) is 2. The lowest BCUT2D eigenvalue weighted by Crippen LogP contribution is -1.93. The number of benzene rings is 1. The highest BCUT2D eigenvalue weighted by Crippen LogP contribution is 2.31. The maximum atomic E-state index is 11.2. The van der Waals surface area contributed by atoms with Crippen molar-refractivity contribution in [3.63, 3.8) is 0 Å². The van der Waals surface area contributed by atoms with Crippen molar-refractivity contribution < 1.29 is 4.79 Å². The molecule has 1 heterocycles. The molecule has 0 saturated carbocycles. The Balaban J connectivity index is 2.50. The predicted molar refractivity (Wildman–Crippen MR) is 69.5 cm³/mol. The third-order valence-corrected chi connectivity index (χ3v) is 3.85. The molecule has 1 aromatic heterocycles. The van der Waals surface area contributed by atoms with E-state index in [1.54, 1.807) is 17.4 Å². The summed E-state index contributed by atoms with van der Waals surface area (Å²) in [6.07, 6.45) is 0. The Kier molecular flexibility index (Phi) is 3.13. The second-order valence-electron chi connectivity index (χ2n) is 3.68. The fourth-order valence-electron chi connectivity index (χ4n) is 1.61. The van der Waals surface area contributed by atoms with E-state index in [0.29, 0.717) is 10.6 Å². The van der Waals surface area contributed by atoms with E-state index in [4.69, 9.17) is 11.6 Å². The monoisotopic (exact) mass is 250 g/mol. The molecular weight excluding hydrogens is 240 g/mol. The maximum absolute atomic E-state index is 11.2. The Morgan fingerprint density at radius 3 is 2.56 bits per heavy atom. The number of carbonyl (C=O) groups is 1. The van der Waals surface area contributed by atoms with Crippen molar-refractivity contribution in [3.05, 3.63) is 45.8 Å². The van der Waals surface area contributed by atoms with E-state index in [-0.39, 0.29) is 5.78 Å². The lowest BCUT2D eigenvalue weighted by molar-refractivity contribution is 0.101. The van der Waals surface area contributed by atoms with Crippen LogP contribution in [0.5, 0.6) is 0 Å². The second-order valence-corrected chi connectivity index (χ2v) is 5.01. The van der Waals surface area contributed by atoms with Crippen molar-refractivity contribution in [1.82, 2.24) is 0 Å². The van der Waals surface area contributed by atoms with E-state index in [1.165, 1.54) is 17.4 Å². The van der Waals surface area contributed by atoms with Gasteiger partial charge in [-0.3, -0.25) is 4.79 Å². The summed E-state index contributed by atoms with van der Waals surface area (Å²) in [6, 6.07) is 7.67. The molecule has 0 saturated heterocycles. The van der Waals surface area contributed by atoms with Gasteiger partial charge in [0.05, 0.1) is 5.02 Å². The summed E-state index contributed by atoms with van der Waals surface area (Å²) in [5.74, 6) is -0.000508. The summed E-state index contributed by atoms with van der Waals surface area (Å²) in [5.41, 5.74) is 2.89. The highest BCUT2D eigenvalue weighted by Gasteiger charge is 2.09. The maximum Gasteiger partial charge on any atom is 0.161 e. The molecule has 82 valence electrons. The van der Waals surface area contributed by atoms with Gasteiger partial charge in [-0.1, -0.05) is 17.7 Å². The standard InChI is InChI=1S/C13H11ClOS/c1-8-5-6-16-13(8)10-3-4-11(9(2)15)12(14)7-10/h3-7H,1-2H3. The largest absolute Gasteiger partial charge is 0.294 e. The summed E-state index contributed by atoms with van der Waals surface area (Å²) >= 11 is 7.76. The van der Waals surface area contributed by atoms with Gasteiger partial charge < -0.3 is 0 Å². The molecule has 0 radical (unpaired) electrons. The molecule has 0 aliphatic carbocycles. The lowest BCUT2D eigenvalue weighted by atomic mass is 10.1. The van der Waals surface area contributed by atoms with Gasteiger partial charge in [-0.25, -0.2) is 0 Å². The van der Waals surface area contributed by atoms with Crippen LogP contribution in [-0.4, -0.2) is 5.78 Å². The van der Waals surface area contributed by atoms with Gasteiger partial charge in [0.25, 0.3) is 0 Å². The molecule has 2 aromatic rings. The molecule has 2 rings (SSSR count). The van der Waals surface area contributed by atoms with Crippen LogP contribution in [0.15, 0.2) is 29.6 Å². The molecule has 0 spiro atoms. The van der Waals surface area contributed by atoms with E-state index in [1.807, 2.05) is 12.1 Å². The average molecular weight is 251 g/mol. The number of carbonyl (C=O) groups excluding carboxylic acids is 1. The first-order chi connectivity index (χ1) is 7.59. The Morgan fingerprint density at radius 2 is 2.06 bits per heavy atom. The molecule has 0 aliphatic rings. The van der Waals surface area contributed by atoms with Gasteiger partial charge in [0.1, 0.15) is 0 Å². The first-order valence-corrected chi connectivity index (χ1v) is 6.20. The third kappa shape index (κ3) is 2.04. The third-order valence-electron chi connectivity index (χ3n) is 2.47. The zero-order chi connectivity index (χ0) is 11.7. The summed E-state index contributed by atoms with van der Waals surface area (Å²) in [5, 5.41) is 2.58. The molecule has 1 aromatic carbocycles. The van der Waals surface area contributed by atoms with E-state index in [0.717, 1.165) is 5.56 Å². The molecule has 0 unspecified atom stereocenters. The van der Waals surface area contributed by atoms with E-state index in [9.17, 15) is 4.79 Å². The van der Waals surface area contributed by atoms with Gasteiger partial charge in [0, 0.05) is 10.4 Å². The van der Waals surface area contributed by atoms with Crippen molar-refractivity contribution in [1.29, 1.82) is 0 Å². The predicted octanol–water partition coefficient (Wildman–Crippen LogP) is 4.58. The zero-order valence-electron chi connectivity index (χ0n) is 9.08. The van der Waals surface area contributed by atoms with Gasteiger partial charge in [-0.15, -0.1) is 11.3 Å². The van der Waals surface area contributed by atoms with Crippen LogP contribution in [0.25, 0.3) is 10.4 Å². The molecule has 0 fully saturated rings. The van der Waals surface area contributed by atoms with Gasteiger partial charge in [-0.05, 0) is 48.6 Å². The molecule has 0 N–H and O–H groups in total. The Morgan fingerprint density at radius 1 is 1.31 bits per heavy atom. The van der Waals surface area contributed by atoms with Crippen LogP contribution in [-0.2, 0) is 0 Å². The van der Waals surface area contributed by atoms with Crippen molar-refractivity contribution >= 4 is 28.7 Å². The van der Waals surface area contributed by atoms with Gasteiger partial charge in [0.2, 0.25) is 0 Å². The summed E-state index contributed by atoms with van der Waals surface area (Å²) < 4.78 is 0. The minimum absolute atomic E-state index is 0.000508. The van der Waals surface area contributed by atoms with E-state index in [2.05, 4.69) is 18.4 Å². The quantitative estimate of drug-likeness (QED) is 0.713. The minimum Gasteiger partial charge on any atom is -0.294 e. The summed E-state index contributed by atoms with van der Waals surface area (Å²) in [4.78, 5) is 12.5. The molecule has 0 amide bonds. The number of hydrogen-bond donors (Lipinski definition) is 0. The van der Waals surface area contributed by atoms with Gasteiger partial charge in [0.15, 0.2) is 5.78 Å². The first kappa shape index (κ1) is 11.4. The molecule has 1 nitrogen and oxygen atoms in total. The fourth-order valence-corrected chi connectivity index (χ4v) is 2.85. The van der Waals surface area contributed by atoms with Gasteiger partial charge in [-0.2, -0.15) is 0 Å². The number of aryl methyl sites for hydroxylation is 1. The number of rotatable bonds is 2. The van der Waals surface area contributed by atoms with Crippen LogP contribution in [0, 0.1) is 6.92 Å². The molecule has 16 heavy (non-hydrogen) atoms. The molecule has 3 heteroatoms. The second kappa shape index (κ2) is 4.40. The Labute approximate surface area is 104 Å². The van der Waals surface area contributed by atoms with Crippen LogP contribution in [0.3, 0.4) is 0 Å². The number of thiophene rings is 1. The highest BCUT2D eigenvalue weighted by molar-refractivity contribution is 7.13. The molecule has 0 atom stereocenters. The lowest BCUT2D eigenvalue weighted by Gasteiger charge is -2.04. The van der Waals surface area contributed by atoms with E-state index < -0.39 is 0 Å². The number of halogens is 1. The Bertz CT molecular complexity index is 543. The minimum atomic E-state index is -0.000508. The highest BCUT2D eigenvalue weighted by atomic mass is 35.5. The van der Waals surface area contributed by atoms with Crippen LogP contribution >= 0.6 is 22.9 Å². The fraction of sp³-hybridized carbons (Fsp3) is 0.154. The molecular formula is C13H11ClOS. The smallest absolute Gasteiger partial charge is 0.161 e. The van der Waals surface area contributed by atoms with Crippen LogP contribution in [0.1, 0.15) is 22.8 Å². The average Bonchev–Trinajstić information content (AvgIpc) is 2.63. The normalized spacial score (nSPS) is 10.4. The van der Waals surface area contributed by atoms with Crippen molar-refractivity contribution in [3.8, 4) is 10.4 Å². The van der Waals surface area contributed by atoms with Crippen molar-refractivity contribution in [2.24, 2.45) is 0 Å². The van der Waals surface area contributed by atoms with Gasteiger partial charge >= 0.3 is 0 Å². The molecule has 0 aliphatic heterocycles. The van der Waals surface area contributed by atoms with Crippen LogP contribution in [0.4, 0.5) is 0 Å². The van der Waals surface area contributed by atoms with Crippen LogP contribution < -0.4 is 0 Å². The van der Waals surface area contributed by atoms with Crippen molar-refractivity contribution in [2.75, 3.05) is 0 Å². The topological polar surface area (TPSA) is 17.1 Å². The van der Waals surface area contributed by atoms with Crippen LogP contribution in [0.2, 0.25) is 5.02 Å². The van der Waals surface area contributed by atoms with Crippen molar-refractivity contribution in [2.45, 2.75) is 13.8 Å². The Hall–Kier alpha value is -1.12. The number of ketones is 1. The molecule has 0 bridgehead atoms. The SMILES string of the molecule is CC(=O)c1ccc(-c2sccc2C)cc1Cl.